The van der Waals surface area contributed by atoms with Crippen LogP contribution in [0.4, 0.5) is 4.79 Å². The number of ether oxygens (including phenoxy) is 4. The van der Waals surface area contributed by atoms with Gasteiger partial charge in [-0.1, -0.05) is 103 Å². The van der Waals surface area contributed by atoms with Crippen molar-refractivity contribution < 1.29 is 33.6 Å². The standard InChI is InChI=1S/C41H40N2O7/c1-47-32-20-16-29(17-21-32)41(28-10-4-3-5-11-28,30-18-22-33(48-2)23-19-30)50-26-31(25-44)43-39(45)24-42-40(46)49-27-38-36-14-8-6-12-34(36)35-13-7-9-15-37(35)38/h3-23,31,38,44H,24-27H2,1-2H3,(H,42,46)(H,43,45)/t31-/m0/s1. The van der Waals surface area contributed by atoms with E-state index in [-0.39, 0.29) is 25.7 Å². The molecule has 1 aliphatic rings. The molecular weight excluding hydrogens is 632 g/mol. The Morgan fingerprint density at radius 3 is 1.72 bits per heavy atom. The Morgan fingerprint density at radius 2 is 1.20 bits per heavy atom. The molecule has 9 nitrogen and oxygen atoms in total. The monoisotopic (exact) mass is 672 g/mol. The molecule has 0 bridgehead atoms. The first-order valence-corrected chi connectivity index (χ1v) is 16.4. The lowest BCUT2D eigenvalue weighted by atomic mass is 9.80. The molecule has 0 saturated heterocycles. The molecule has 0 saturated carbocycles. The van der Waals surface area contributed by atoms with Crippen LogP contribution in [0.15, 0.2) is 127 Å². The molecule has 6 rings (SSSR count). The van der Waals surface area contributed by atoms with Crippen LogP contribution < -0.4 is 20.1 Å². The van der Waals surface area contributed by atoms with Crippen LogP contribution in [0.1, 0.15) is 33.7 Å². The minimum absolute atomic E-state index is 0.0554. The van der Waals surface area contributed by atoms with E-state index in [0.29, 0.717) is 11.5 Å². The van der Waals surface area contributed by atoms with Crippen molar-refractivity contribution in [3.8, 4) is 22.6 Å². The van der Waals surface area contributed by atoms with Gasteiger partial charge in [-0.3, -0.25) is 4.79 Å². The van der Waals surface area contributed by atoms with E-state index < -0.39 is 30.3 Å². The lowest BCUT2D eigenvalue weighted by Gasteiger charge is -2.37. The van der Waals surface area contributed by atoms with Gasteiger partial charge in [0.2, 0.25) is 5.91 Å². The van der Waals surface area contributed by atoms with Crippen LogP contribution in [0.25, 0.3) is 11.1 Å². The second-order valence-electron chi connectivity index (χ2n) is 11.9. The highest BCUT2D eigenvalue weighted by Gasteiger charge is 2.38. The summed E-state index contributed by atoms with van der Waals surface area (Å²) >= 11 is 0. The van der Waals surface area contributed by atoms with E-state index in [0.717, 1.165) is 38.9 Å². The maximum absolute atomic E-state index is 13.0. The van der Waals surface area contributed by atoms with Gasteiger partial charge in [0.15, 0.2) is 0 Å². The fraction of sp³-hybridized carbons (Fsp3) is 0.220. The van der Waals surface area contributed by atoms with Crippen LogP contribution in [-0.2, 0) is 19.9 Å². The Morgan fingerprint density at radius 1 is 0.700 bits per heavy atom. The number of benzene rings is 5. The van der Waals surface area contributed by atoms with E-state index >= 15 is 0 Å². The van der Waals surface area contributed by atoms with Crippen molar-refractivity contribution in [1.29, 1.82) is 0 Å². The number of methoxy groups -OCH3 is 2. The second kappa shape index (κ2) is 15.7. The van der Waals surface area contributed by atoms with E-state index in [4.69, 9.17) is 18.9 Å². The molecule has 0 aromatic heterocycles. The first-order valence-electron chi connectivity index (χ1n) is 16.4. The highest BCUT2D eigenvalue weighted by atomic mass is 16.5. The largest absolute Gasteiger partial charge is 0.497 e. The number of amides is 2. The molecule has 1 atom stereocenters. The Kier molecular flexibility index (Phi) is 10.8. The number of carbonyl (C=O) groups is 2. The van der Waals surface area contributed by atoms with Gasteiger partial charge in [0.05, 0.1) is 33.5 Å². The number of alkyl carbamates (subject to hydrolysis) is 1. The smallest absolute Gasteiger partial charge is 0.407 e. The van der Waals surface area contributed by atoms with Crippen molar-refractivity contribution in [2.24, 2.45) is 0 Å². The molecule has 0 spiro atoms. The molecule has 0 heterocycles. The van der Waals surface area contributed by atoms with Crippen molar-refractivity contribution in [3.63, 3.8) is 0 Å². The van der Waals surface area contributed by atoms with E-state index in [1.165, 1.54) is 0 Å². The summed E-state index contributed by atoms with van der Waals surface area (Å²) in [4.78, 5) is 25.7. The minimum atomic E-state index is -1.13. The van der Waals surface area contributed by atoms with Gasteiger partial charge < -0.3 is 34.7 Å². The van der Waals surface area contributed by atoms with Crippen molar-refractivity contribution >= 4 is 12.0 Å². The molecule has 3 N–H and O–H groups in total. The third kappa shape index (κ3) is 7.19. The molecule has 0 aliphatic heterocycles. The van der Waals surface area contributed by atoms with Gasteiger partial charge in [-0.15, -0.1) is 0 Å². The molecule has 5 aromatic rings. The average Bonchev–Trinajstić information content (AvgIpc) is 3.50. The maximum Gasteiger partial charge on any atom is 0.407 e. The summed E-state index contributed by atoms with van der Waals surface area (Å²) < 4.78 is 23.2. The highest BCUT2D eigenvalue weighted by molar-refractivity contribution is 5.82. The van der Waals surface area contributed by atoms with Crippen molar-refractivity contribution in [3.05, 3.63) is 155 Å². The van der Waals surface area contributed by atoms with Gasteiger partial charge in [0.1, 0.15) is 30.3 Å². The zero-order chi connectivity index (χ0) is 34.9. The minimum Gasteiger partial charge on any atom is -0.497 e. The SMILES string of the molecule is COc1ccc(C(OC[C@H](CO)NC(=O)CNC(=O)OCC2c3ccccc3-c3ccccc32)(c2ccccc2)c2ccc(OC)cc2)cc1. The van der Waals surface area contributed by atoms with Crippen molar-refractivity contribution in [1.82, 2.24) is 10.6 Å². The number of aliphatic hydroxyl groups excluding tert-OH is 1. The summed E-state index contributed by atoms with van der Waals surface area (Å²) in [6.07, 6.45) is -0.707. The van der Waals surface area contributed by atoms with Crippen molar-refractivity contribution in [2.45, 2.75) is 17.6 Å². The molecule has 0 fully saturated rings. The number of carbonyl (C=O) groups excluding carboxylic acids is 2. The summed E-state index contributed by atoms with van der Waals surface area (Å²) in [5.74, 6) is 0.782. The van der Waals surface area contributed by atoms with Crippen LogP contribution in [0, 0.1) is 0 Å². The number of nitrogens with one attached hydrogen (secondary N) is 2. The van der Waals surface area contributed by atoms with Gasteiger partial charge in [0.25, 0.3) is 0 Å². The maximum atomic E-state index is 13.0. The molecule has 5 aromatic carbocycles. The average molecular weight is 673 g/mol. The zero-order valence-corrected chi connectivity index (χ0v) is 28.0. The molecule has 256 valence electrons. The lowest BCUT2D eigenvalue weighted by molar-refractivity contribution is -0.122. The van der Waals surface area contributed by atoms with E-state index in [2.05, 4.69) is 22.8 Å². The number of hydrogen-bond acceptors (Lipinski definition) is 7. The lowest BCUT2D eigenvalue weighted by Crippen LogP contribution is -2.47. The Labute approximate surface area is 291 Å². The predicted molar refractivity (Wildman–Crippen MR) is 190 cm³/mol. The molecule has 0 radical (unpaired) electrons. The number of fused-ring (bicyclic) bond motifs is 3. The first kappa shape index (κ1) is 34.2. The van der Waals surface area contributed by atoms with Crippen LogP contribution in [-0.4, -0.2) is 63.7 Å². The fourth-order valence-corrected chi connectivity index (χ4v) is 6.52. The molecule has 50 heavy (non-hydrogen) atoms. The molecule has 1 aliphatic carbocycles. The summed E-state index contributed by atoms with van der Waals surface area (Å²) in [6, 6.07) is 40.3. The predicted octanol–water partition coefficient (Wildman–Crippen LogP) is 6.03. The zero-order valence-electron chi connectivity index (χ0n) is 28.0. The highest BCUT2D eigenvalue weighted by Crippen LogP contribution is 2.45. The van der Waals surface area contributed by atoms with Gasteiger partial charge >= 0.3 is 6.09 Å². The quantitative estimate of drug-likeness (QED) is 0.124. The molecule has 2 amide bonds. The number of rotatable bonds is 14. The summed E-state index contributed by atoms with van der Waals surface area (Å²) in [5.41, 5.74) is 5.80. The van der Waals surface area contributed by atoms with Gasteiger partial charge in [-0.05, 0) is 63.2 Å². The Balaban J connectivity index is 1.13. The van der Waals surface area contributed by atoms with E-state index in [1.54, 1.807) is 14.2 Å². The molecule has 9 heteroatoms. The third-order valence-electron chi connectivity index (χ3n) is 9.00. The number of aliphatic hydroxyl groups is 1. The van der Waals surface area contributed by atoms with Gasteiger partial charge in [-0.25, -0.2) is 4.79 Å². The van der Waals surface area contributed by atoms with E-state index in [1.807, 2.05) is 115 Å². The van der Waals surface area contributed by atoms with Gasteiger partial charge in [0, 0.05) is 5.92 Å². The number of hydrogen-bond donors (Lipinski definition) is 3. The normalized spacial score (nSPS) is 12.7. The summed E-state index contributed by atoms with van der Waals surface area (Å²) in [7, 11) is 3.22. The van der Waals surface area contributed by atoms with Crippen LogP contribution in [0.5, 0.6) is 11.5 Å². The van der Waals surface area contributed by atoms with Crippen LogP contribution in [0.2, 0.25) is 0 Å². The fourth-order valence-electron chi connectivity index (χ4n) is 6.52. The Hall–Kier alpha value is -5.64. The third-order valence-corrected chi connectivity index (χ3v) is 9.00. The molecular formula is C41H40N2O7. The van der Waals surface area contributed by atoms with Crippen molar-refractivity contribution in [2.75, 3.05) is 40.6 Å². The Bertz CT molecular complexity index is 1800. The molecule has 0 unspecified atom stereocenters. The first-order chi connectivity index (χ1) is 24.5. The summed E-state index contributed by atoms with van der Waals surface area (Å²) in [6.45, 7) is -0.659. The van der Waals surface area contributed by atoms with E-state index in [9.17, 15) is 14.7 Å². The van der Waals surface area contributed by atoms with Gasteiger partial charge in [-0.2, -0.15) is 0 Å². The van der Waals surface area contributed by atoms with Crippen LogP contribution in [0.3, 0.4) is 0 Å². The summed E-state index contributed by atoms with van der Waals surface area (Å²) in [5, 5.41) is 15.6. The van der Waals surface area contributed by atoms with Crippen LogP contribution >= 0.6 is 0 Å². The topological polar surface area (TPSA) is 115 Å². The second-order valence-corrected chi connectivity index (χ2v) is 11.9.